The van der Waals surface area contributed by atoms with Crippen molar-refractivity contribution in [3.05, 3.63) is 35.7 Å². The third kappa shape index (κ3) is 3.95. The standard InChI is InChI=1S/C17H19N3O6S/c1-3-5-10-8-13(19-26-10)16(21)20-27(23,24)11-6-7-15-12(9-11)18-17(22)14(4-2)25-15/h6-9,14H,3-5H2,1-2H3,(H,18,22)(H,20,21). The van der Waals surface area contributed by atoms with Gasteiger partial charge >= 0.3 is 0 Å². The summed E-state index contributed by atoms with van der Waals surface area (Å²) in [4.78, 5) is 23.9. The van der Waals surface area contributed by atoms with Crippen molar-refractivity contribution in [1.82, 2.24) is 9.88 Å². The van der Waals surface area contributed by atoms with Crippen molar-refractivity contribution in [2.45, 2.75) is 44.1 Å². The van der Waals surface area contributed by atoms with Gasteiger partial charge < -0.3 is 14.6 Å². The fourth-order valence-corrected chi connectivity index (χ4v) is 3.57. The van der Waals surface area contributed by atoms with Crippen molar-refractivity contribution in [3.8, 4) is 5.75 Å². The Morgan fingerprint density at radius 1 is 1.30 bits per heavy atom. The van der Waals surface area contributed by atoms with Crippen LogP contribution >= 0.6 is 0 Å². The van der Waals surface area contributed by atoms with Crippen molar-refractivity contribution < 1.29 is 27.3 Å². The van der Waals surface area contributed by atoms with E-state index in [0.717, 1.165) is 6.42 Å². The number of hydrogen-bond acceptors (Lipinski definition) is 7. The molecule has 3 rings (SSSR count). The molecule has 9 nitrogen and oxygen atoms in total. The number of sulfonamides is 1. The molecular weight excluding hydrogens is 374 g/mol. The Morgan fingerprint density at radius 3 is 2.78 bits per heavy atom. The van der Waals surface area contributed by atoms with E-state index in [1.54, 1.807) is 6.92 Å². The minimum Gasteiger partial charge on any atom is -0.478 e. The molecule has 1 aliphatic rings. The Hall–Kier alpha value is -2.88. The number of amides is 2. The van der Waals surface area contributed by atoms with Gasteiger partial charge in [-0.1, -0.05) is 19.0 Å². The zero-order chi connectivity index (χ0) is 19.6. The van der Waals surface area contributed by atoms with E-state index in [1.165, 1.54) is 24.3 Å². The molecule has 0 spiro atoms. The number of anilines is 1. The van der Waals surface area contributed by atoms with Crippen LogP contribution in [0.4, 0.5) is 5.69 Å². The molecule has 0 saturated carbocycles. The summed E-state index contributed by atoms with van der Waals surface area (Å²) in [6.07, 6.45) is 1.26. The molecule has 1 unspecified atom stereocenters. The first-order valence-corrected chi connectivity index (χ1v) is 9.96. The maximum Gasteiger partial charge on any atom is 0.287 e. The lowest BCUT2D eigenvalue weighted by Crippen LogP contribution is -2.36. The summed E-state index contributed by atoms with van der Waals surface area (Å²) in [5.74, 6) is -0.383. The first kappa shape index (κ1) is 18.9. The zero-order valence-electron chi connectivity index (χ0n) is 14.8. The Bertz CT molecular complexity index is 982. The van der Waals surface area contributed by atoms with Crippen LogP contribution in [-0.2, 0) is 21.2 Å². The molecular formula is C17H19N3O6S. The second kappa shape index (κ2) is 7.39. The molecule has 2 heterocycles. The number of nitrogens with one attached hydrogen (secondary N) is 2. The van der Waals surface area contributed by atoms with E-state index >= 15 is 0 Å². The van der Waals surface area contributed by atoms with Gasteiger partial charge in [0.25, 0.3) is 21.8 Å². The maximum atomic E-state index is 12.5. The lowest BCUT2D eigenvalue weighted by Gasteiger charge is -2.25. The average molecular weight is 393 g/mol. The topological polar surface area (TPSA) is 128 Å². The largest absolute Gasteiger partial charge is 0.478 e. The van der Waals surface area contributed by atoms with Crippen LogP contribution in [0, 0.1) is 0 Å². The predicted molar refractivity (Wildman–Crippen MR) is 94.9 cm³/mol. The van der Waals surface area contributed by atoms with Gasteiger partial charge in [0.15, 0.2) is 11.8 Å². The van der Waals surface area contributed by atoms with E-state index < -0.39 is 22.0 Å². The molecule has 1 aromatic heterocycles. The highest BCUT2D eigenvalue weighted by molar-refractivity contribution is 7.90. The van der Waals surface area contributed by atoms with Crippen molar-refractivity contribution in [2.75, 3.05) is 5.32 Å². The lowest BCUT2D eigenvalue weighted by molar-refractivity contribution is -0.123. The molecule has 0 saturated heterocycles. The molecule has 0 radical (unpaired) electrons. The number of aryl methyl sites for hydroxylation is 1. The van der Waals surface area contributed by atoms with E-state index in [9.17, 15) is 18.0 Å². The predicted octanol–water partition coefficient (Wildman–Crippen LogP) is 1.86. The summed E-state index contributed by atoms with van der Waals surface area (Å²) in [7, 11) is -4.17. The Morgan fingerprint density at radius 2 is 2.07 bits per heavy atom. The highest BCUT2D eigenvalue weighted by Gasteiger charge is 2.28. The molecule has 0 fully saturated rings. The van der Waals surface area contributed by atoms with Gasteiger partial charge in [0.2, 0.25) is 0 Å². The fraction of sp³-hybridized carbons (Fsp3) is 0.353. The van der Waals surface area contributed by atoms with Crippen LogP contribution in [0.15, 0.2) is 33.7 Å². The van der Waals surface area contributed by atoms with E-state index in [-0.39, 0.29) is 22.2 Å². The molecule has 144 valence electrons. The molecule has 0 aliphatic carbocycles. The summed E-state index contributed by atoms with van der Waals surface area (Å²) >= 11 is 0. The second-order valence-corrected chi connectivity index (χ2v) is 7.71. The molecule has 27 heavy (non-hydrogen) atoms. The van der Waals surface area contributed by atoms with Gasteiger partial charge in [0.1, 0.15) is 11.5 Å². The molecule has 0 bridgehead atoms. The normalized spacial score (nSPS) is 16.2. The number of carbonyl (C=O) groups is 2. The number of benzene rings is 1. The third-order valence-corrected chi connectivity index (χ3v) is 5.30. The number of nitrogens with zero attached hydrogens (tertiary/aromatic N) is 1. The van der Waals surface area contributed by atoms with E-state index in [1.807, 2.05) is 11.6 Å². The van der Waals surface area contributed by atoms with E-state index in [2.05, 4.69) is 10.5 Å². The molecule has 2 amide bonds. The van der Waals surface area contributed by atoms with Crippen LogP contribution in [0.3, 0.4) is 0 Å². The smallest absolute Gasteiger partial charge is 0.287 e. The van der Waals surface area contributed by atoms with E-state index in [4.69, 9.17) is 9.26 Å². The first-order valence-electron chi connectivity index (χ1n) is 8.48. The Kier molecular flexibility index (Phi) is 5.17. The molecule has 2 N–H and O–H groups in total. The molecule has 1 aliphatic heterocycles. The minimum atomic E-state index is -4.17. The highest BCUT2D eigenvalue weighted by atomic mass is 32.2. The molecule has 1 atom stereocenters. The first-order chi connectivity index (χ1) is 12.8. The Balaban J connectivity index is 1.80. The van der Waals surface area contributed by atoms with Crippen molar-refractivity contribution in [1.29, 1.82) is 0 Å². The minimum absolute atomic E-state index is 0.123. The Labute approximate surface area is 156 Å². The summed E-state index contributed by atoms with van der Waals surface area (Å²) in [6, 6.07) is 5.37. The quantitative estimate of drug-likeness (QED) is 0.766. The SMILES string of the molecule is CCCc1cc(C(=O)NS(=O)(=O)c2ccc3c(c2)NC(=O)C(CC)O3)no1. The lowest BCUT2D eigenvalue weighted by atomic mass is 10.2. The number of hydrogen-bond donors (Lipinski definition) is 2. The van der Waals surface area contributed by atoms with Crippen LogP contribution in [0.2, 0.25) is 0 Å². The van der Waals surface area contributed by atoms with Crippen LogP contribution in [0.1, 0.15) is 42.9 Å². The second-order valence-electron chi connectivity index (χ2n) is 6.03. The monoisotopic (exact) mass is 393 g/mol. The number of fused-ring (bicyclic) bond motifs is 1. The van der Waals surface area contributed by atoms with Gasteiger partial charge in [-0.25, -0.2) is 13.1 Å². The highest BCUT2D eigenvalue weighted by Crippen LogP contribution is 2.32. The number of aromatic nitrogens is 1. The van der Waals surface area contributed by atoms with Crippen LogP contribution < -0.4 is 14.8 Å². The van der Waals surface area contributed by atoms with Gasteiger partial charge in [0, 0.05) is 12.5 Å². The van der Waals surface area contributed by atoms with Gasteiger partial charge in [0.05, 0.1) is 10.6 Å². The van der Waals surface area contributed by atoms with E-state index in [0.29, 0.717) is 24.4 Å². The third-order valence-electron chi connectivity index (χ3n) is 3.97. The van der Waals surface area contributed by atoms with Crippen LogP contribution in [0.25, 0.3) is 0 Å². The molecule has 1 aromatic carbocycles. The summed E-state index contributed by atoms with van der Waals surface area (Å²) in [5, 5.41) is 6.19. The average Bonchev–Trinajstić information content (AvgIpc) is 3.09. The van der Waals surface area contributed by atoms with Gasteiger partial charge in [-0.15, -0.1) is 0 Å². The van der Waals surface area contributed by atoms with Gasteiger partial charge in [-0.05, 0) is 31.0 Å². The zero-order valence-corrected chi connectivity index (χ0v) is 15.6. The van der Waals surface area contributed by atoms with Crippen molar-refractivity contribution >= 4 is 27.5 Å². The van der Waals surface area contributed by atoms with Gasteiger partial charge in [-0.3, -0.25) is 9.59 Å². The fourth-order valence-electron chi connectivity index (χ4n) is 2.58. The van der Waals surface area contributed by atoms with Crippen LogP contribution in [-0.4, -0.2) is 31.5 Å². The number of carbonyl (C=O) groups excluding carboxylic acids is 2. The van der Waals surface area contributed by atoms with Crippen molar-refractivity contribution in [3.63, 3.8) is 0 Å². The molecule has 10 heteroatoms. The number of rotatable bonds is 6. The number of ether oxygens (including phenoxy) is 1. The van der Waals surface area contributed by atoms with Gasteiger partial charge in [-0.2, -0.15) is 0 Å². The summed E-state index contributed by atoms with van der Waals surface area (Å²) < 4.78 is 37.4. The maximum absolute atomic E-state index is 12.5. The molecule has 2 aromatic rings. The van der Waals surface area contributed by atoms with Crippen LogP contribution in [0.5, 0.6) is 5.75 Å². The van der Waals surface area contributed by atoms with Crippen molar-refractivity contribution in [2.24, 2.45) is 0 Å². The summed E-state index contributed by atoms with van der Waals surface area (Å²) in [6.45, 7) is 3.74. The summed E-state index contributed by atoms with van der Waals surface area (Å²) in [5.41, 5.74) is 0.106.